The van der Waals surface area contributed by atoms with E-state index in [0.29, 0.717) is 15.5 Å². The number of halogens is 5. The van der Waals surface area contributed by atoms with Gasteiger partial charge in [0.2, 0.25) is 0 Å². The lowest BCUT2D eigenvalue weighted by molar-refractivity contribution is -0.385. The number of rotatable bonds is 5. The van der Waals surface area contributed by atoms with Crippen LogP contribution in [0, 0.1) is 23.8 Å². The average Bonchev–Trinajstić information content (AvgIpc) is 1.54. The Morgan fingerprint density at radius 3 is 1.22 bits per heavy atom. The predicted octanol–water partition coefficient (Wildman–Crippen LogP) is 31.5. The van der Waals surface area contributed by atoms with Gasteiger partial charge in [-0.1, -0.05) is 367 Å². The van der Waals surface area contributed by atoms with Crippen molar-refractivity contribution in [2.75, 3.05) is 0 Å². The molecule has 23 rings (SSSR count). The summed E-state index contributed by atoms with van der Waals surface area (Å²) in [4.78, 5) is 24.5. The molecule has 3 N–H and O–H groups in total. The molecule has 2 heterocycles. The molecule has 0 radical (unpaired) electrons. The molecule has 16 aromatic carbocycles. The molecule has 636 valence electrons. The fourth-order valence-corrected chi connectivity index (χ4v) is 21.4. The summed E-state index contributed by atoms with van der Waals surface area (Å²) in [6, 6.07) is 118. The van der Waals surface area contributed by atoms with Crippen molar-refractivity contribution in [3.8, 4) is 72.4 Å². The molecule has 0 saturated heterocycles. The minimum atomic E-state index is -1.41. The molecule has 5 aliphatic rings. The number of para-hydroxylation sites is 4. The van der Waals surface area contributed by atoms with Crippen LogP contribution in [0.15, 0.2) is 364 Å². The van der Waals surface area contributed by atoms with Crippen LogP contribution >= 0.6 is 86.3 Å². The van der Waals surface area contributed by atoms with Gasteiger partial charge in [-0.25, -0.2) is 0 Å². The van der Waals surface area contributed by atoms with Crippen molar-refractivity contribution in [3.05, 3.63) is 443 Å². The first-order valence-corrected chi connectivity index (χ1v) is 46.5. The van der Waals surface area contributed by atoms with Gasteiger partial charge in [-0.05, 0) is 252 Å². The molecule has 128 heavy (non-hydrogen) atoms. The lowest BCUT2D eigenvalue weighted by atomic mass is 9.75. The Morgan fingerprint density at radius 1 is 0.336 bits per heavy atom. The van der Waals surface area contributed by atoms with E-state index >= 15 is 0 Å². The van der Waals surface area contributed by atoms with E-state index in [9.17, 15) is 30.3 Å². The standard InChI is InChI=1S/C27H20BrN.C21H17NO2.C21H17N.C15H15BO2.C15H13Br.C6H4BrI.C6H4BrNO2.CH4/c1-27(2)23-9-5-3-7-19(23)21-15-16-22-20-8-4-6-10-24(20)29(26(22)25(21)27)18-13-11-17(28)12-14-18;1-21(2)18-9-5-3-8-16(18)17-12-11-14(13-19(17)21)15-7-4-6-10-20(15)22(23)24;1-21(2)17-9-5-3-7-13(17)15-11-12-16-14-8-4-6-10-18(14)22-20(16)19(15)21;1-15(2)13-6-4-3-5-11(13)12-8-7-10(16(17)18)9-14(12)15;1-15(2)13-6-4-3-5-11(13)12-8-7-10(16)9-14(12)15;7-5-1-3-6(8)4-2-5;7-5-3-1-2-4-6(5)8(9)10;/h3-16H,1-2H3;3-13H,1-2H3;3-12,22H,1-2H3;3-9,17-18H,1-2H3;3-9H,1-2H3;1-4H;1-4H;1H4. The molecule has 0 amide bonds. The fourth-order valence-electron chi connectivity index (χ4n) is 19.7. The fraction of sp³-hybridized carbons (Fsp3) is 0.143. The highest BCUT2D eigenvalue weighted by Crippen LogP contribution is 2.57. The van der Waals surface area contributed by atoms with Crippen molar-refractivity contribution in [1.82, 2.24) is 9.55 Å². The second-order valence-electron chi connectivity index (χ2n) is 35.2. The quantitative estimate of drug-likeness (QED) is 0.0677. The minimum absolute atomic E-state index is 0. The maximum Gasteiger partial charge on any atom is 0.488 e. The molecule has 10 nitrogen and oxygen atoms in total. The van der Waals surface area contributed by atoms with Crippen LogP contribution < -0.4 is 5.46 Å². The van der Waals surface area contributed by atoms with Crippen molar-refractivity contribution in [2.45, 2.75) is 104 Å². The Morgan fingerprint density at radius 2 is 0.711 bits per heavy atom. The second-order valence-corrected chi connectivity index (χ2v) is 40.0. The summed E-state index contributed by atoms with van der Waals surface area (Å²) in [5, 5.41) is 45.4. The van der Waals surface area contributed by atoms with Crippen LogP contribution in [0.4, 0.5) is 11.4 Å². The van der Waals surface area contributed by atoms with Crippen molar-refractivity contribution in [3.63, 3.8) is 0 Å². The molecule has 0 fully saturated rings. The van der Waals surface area contributed by atoms with E-state index < -0.39 is 12.0 Å². The summed E-state index contributed by atoms with van der Waals surface area (Å²) in [7, 11) is -1.41. The maximum atomic E-state index is 11.3. The van der Waals surface area contributed by atoms with Gasteiger partial charge in [-0.15, -0.1) is 0 Å². The lowest BCUT2D eigenvalue weighted by Crippen LogP contribution is -2.31. The lowest BCUT2D eigenvalue weighted by Gasteiger charge is -2.23. The van der Waals surface area contributed by atoms with Crippen molar-refractivity contribution < 1.29 is 19.9 Å². The molecule has 5 aliphatic carbocycles. The Balaban J connectivity index is 0.000000113. The van der Waals surface area contributed by atoms with E-state index in [4.69, 9.17) is 0 Å². The Hall–Kier alpha value is -11.4. The second kappa shape index (κ2) is 35.9. The Bertz CT molecular complexity index is 7360. The third-order valence-electron chi connectivity index (χ3n) is 25.9. The van der Waals surface area contributed by atoms with Crippen molar-refractivity contribution in [1.29, 1.82) is 0 Å². The largest absolute Gasteiger partial charge is 0.488 e. The normalized spacial score (nSPS) is 13.9. The number of fused-ring (bicyclic) bond motifs is 23. The zero-order valence-corrected chi connectivity index (χ0v) is 80.2. The predicted molar refractivity (Wildman–Crippen MR) is 555 cm³/mol. The third kappa shape index (κ3) is 16.4. The van der Waals surface area contributed by atoms with Gasteiger partial charge in [0.1, 0.15) is 0 Å². The number of H-pyrrole nitrogens is 1. The summed E-state index contributed by atoms with van der Waals surface area (Å²) in [5.41, 5.74) is 35.2. The number of nitrogens with zero attached hydrogens (tertiary/aromatic N) is 3. The highest BCUT2D eigenvalue weighted by atomic mass is 127. The van der Waals surface area contributed by atoms with Crippen LogP contribution in [0.25, 0.3) is 116 Å². The number of benzene rings is 16. The van der Waals surface area contributed by atoms with Gasteiger partial charge in [0, 0.05) is 88.9 Å². The zero-order chi connectivity index (χ0) is 89.3. The topological polar surface area (TPSA) is 147 Å². The van der Waals surface area contributed by atoms with E-state index in [1.165, 1.54) is 165 Å². The van der Waals surface area contributed by atoms with Gasteiger partial charge in [0.15, 0.2) is 0 Å². The van der Waals surface area contributed by atoms with Gasteiger partial charge >= 0.3 is 7.12 Å². The van der Waals surface area contributed by atoms with E-state index in [-0.39, 0.29) is 50.8 Å². The van der Waals surface area contributed by atoms with Crippen LogP contribution in [0.2, 0.25) is 0 Å². The van der Waals surface area contributed by atoms with Gasteiger partial charge in [-0.3, -0.25) is 20.2 Å². The zero-order valence-electron chi connectivity index (χ0n) is 71.7. The Kier molecular flexibility index (Phi) is 25.2. The van der Waals surface area contributed by atoms with Crippen LogP contribution in [-0.4, -0.2) is 36.6 Å². The molecular weight excluding hydrogens is 1950 g/mol. The molecule has 0 atom stereocenters. The van der Waals surface area contributed by atoms with Crippen LogP contribution in [-0.2, 0) is 27.1 Å². The maximum absolute atomic E-state index is 11.3. The summed E-state index contributed by atoms with van der Waals surface area (Å²) in [6.07, 6.45) is 0. The van der Waals surface area contributed by atoms with Gasteiger partial charge < -0.3 is 19.6 Å². The highest BCUT2D eigenvalue weighted by Gasteiger charge is 2.42. The summed E-state index contributed by atoms with van der Waals surface area (Å²) < 4.78 is 7.62. The van der Waals surface area contributed by atoms with Crippen molar-refractivity contribution in [2.24, 2.45) is 0 Å². The number of nitro groups is 2. The highest BCUT2D eigenvalue weighted by molar-refractivity contribution is 14.1. The van der Waals surface area contributed by atoms with E-state index in [0.717, 1.165) is 24.5 Å². The van der Waals surface area contributed by atoms with E-state index in [1.54, 1.807) is 36.4 Å². The smallest absolute Gasteiger partial charge is 0.423 e. The van der Waals surface area contributed by atoms with Gasteiger partial charge in [0.25, 0.3) is 11.4 Å². The molecule has 0 unspecified atom stereocenters. The number of hydrogen-bond acceptors (Lipinski definition) is 6. The molecule has 0 aliphatic heterocycles. The summed E-state index contributed by atoms with van der Waals surface area (Å²) in [5.74, 6) is 0. The molecule has 0 saturated carbocycles. The Labute approximate surface area is 795 Å². The van der Waals surface area contributed by atoms with Crippen molar-refractivity contribution >= 4 is 154 Å². The van der Waals surface area contributed by atoms with E-state index in [2.05, 4.69) is 414 Å². The summed E-state index contributed by atoms with van der Waals surface area (Å²) in [6.45, 7) is 22.7. The van der Waals surface area contributed by atoms with E-state index in [1.807, 2.05) is 54.6 Å². The first-order chi connectivity index (χ1) is 60.9. The summed E-state index contributed by atoms with van der Waals surface area (Å²) >= 11 is 15.8. The SMILES string of the molecule is Brc1ccc(I)cc1.C.CC1(C)c2ccccc2-c2ccc(-c3ccccc3[N+](=O)[O-])cc21.CC1(C)c2ccccc2-c2ccc(B(O)O)cc21.CC1(C)c2ccccc2-c2ccc(Br)cc21.CC1(C)c2ccccc2-c2ccc3c([nH]c4ccccc43)c21.CC1(C)c2ccccc2-c2ccc3c4ccccc4n(-c4ccc(Br)cc4)c3c21.O=[N+]([O-])c1ccccc1Br. The molecule has 18 aromatic rings. The molecule has 0 bridgehead atoms. The molecule has 2 aromatic heterocycles. The average molecular weight is 2050 g/mol. The number of nitrogens with one attached hydrogen (secondary N) is 1. The monoisotopic (exact) mass is 2040 g/mol. The first-order valence-electron chi connectivity index (χ1n) is 42.2. The number of aromatic amines is 1. The number of aromatic nitrogens is 2. The van der Waals surface area contributed by atoms with Gasteiger partial charge in [-0.2, -0.15) is 0 Å². The van der Waals surface area contributed by atoms with Crippen LogP contribution in [0.5, 0.6) is 0 Å². The molecule has 0 spiro atoms. The molecule has 16 heteroatoms. The first kappa shape index (κ1) is 89.9. The van der Waals surface area contributed by atoms with Gasteiger partial charge in [0.05, 0.1) is 36.4 Å². The number of hydrogen-bond donors (Lipinski definition) is 3. The number of nitro benzene ring substituents is 2. The third-order valence-corrected chi connectivity index (χ3v) is 28.9. The van der Waals surface area contributed by atoms with Crippen LogP contribution in [0.3, 0.4) is 0 Å². The minimum Gasteiger partial charge on any atom is -0.423 e. The van der Waals surface area contributed by atoms with Crippen LogP contribution in [0.1, 0.15) is 132 Å². The molecular formula is C112H94BBr4IN4O6.